The van der Waals surface area contributed by atoms with Crippen LogP contribution in [0.25, 0.3) is 0 Å². The first-order valence-corrected chi connectivity index (χ1v) is 9.92. The van der Waals surface area contributed by atoms with Crippen molar-refractivity contribution >= 4 is 5.91 Å². The summed E-state index contributed by atoms with van der Waals surface area (Å²) >= 11 is 0. The van der Waals surface area contributed by atoms with Gasteiger partial charge in [-0.3, -0.25) is 9.69 Å². The molecule has 2 fully saturated rings. The zero-order valence-electron chi connectivity index (χ0n) is 15.8. The molecule has 3 rings (SSSR count). The van der Waals surface area contributed by atoms with Gasteiger partial charge in [-0.05, 0) is 64.1 Å². The molecule has 0 atom stereocenters. The molecule has 2 aliphatic rings. The first kappa shape index (κ1) is 18.4. The number of nitrogens with one attached hydrogen (secondary N) is 1. The van der Waals surface area contributed by atoms with Crippen molar-refractivity contribution in [2.45, 2.75) is 57.5 Å². The molecule has 4 nitrogen and oxygen atoms in total. The van der Waals surface area contributed by atoms with Crippen LogP contribution < -0.4 is 5.32 Å². The molecule has 2 heterocycles. The van der Waals surface area contributed by atoms with Crippen molar-refractivity contribution in [1.82, 2.24) is 15.1 Å². The molecule has 1 N–H and O–H groups in total. The fourth-order valence-corrected chi connectivity index (χ4v) is 4.19. The average Bonchev–Trinajstić information content (AvgIpc) is 2.63. The lowest BCUT2D eigenvalue weighted by Crippen LogP contribution is -2.49. The zero-order valence-corrected chi connectivity index (χ0v) is 15.8. The maximum atomic E-state index is 12.4. The molecule has 25 heavy (non-hydrogen) atoms. The number of amides is 1. The highest BCUT2D eigenvalue weighted by Crippen LogP contribution is 2.27. The van der Waals surface area contributed by atoms with Crippen LogP contribution in [-0.2, 0) is 4.79 Å². The summed E-state index contributed by atoms with van der Waals surface area (Å²) in [6.45, 7) is 9.32. The molecule has 0 spiro atoms. The van der Waals surface area contributed by atoms with Gasteiger partial charge >= 0.3 is 0 Å². The number of piperidine rings is 2. The molecule has 0 bridgehead atoms. The predicted octanol–water partition coefficient (Wildman–Crippen LogP) is 2.86. The second-order valence-electron chi connectivity index (χ2n) is 7.93. The Morgan fingerprint density at radius 3 is 2.28 bits per heavy atom. The largest absolute Gasteiger partial charge is 0.352 e. The van der Waals surface area contributed by atoms with E-state index in [0.717, 1.165) is 51.9 Å². The fraction of sp³-hybridized carbons (Fsp3) is 0.667. The number of hydrogen-bond acceptors (Lipinski definition) is 3. The summed E-state index contributed by atoms with van der Waals surface area (Å²) in [4.78, 5) is 17.2. The predicted molar refractivity (Wildman–Crippen MR) is 103 cm³/mol. The van der Waals surface area contributed by atoms with Crippen molar-refractivity contribution in [3.05, 3.63) is 35.9 Å². The van der Waals surface area contributed by atoms with Gasteiger partial charge in [0.1, 0.15) is 0 Å². The molecule has 0 aromatic heterocycles. The van der Waals surface area contributed by atoms with Crippen LogP contribution in [-0.4, -0.2) is 60.5 Å². The normalized spacial score (nSPS) is 21.6. The number of carbonyl (C=O) groups is 1. The van der Waals surface area contributed by atoms with Gasteiger partial charge in [-0.1, -0.05) is 30.3 Å². The molecule has 0 saturated carbocycles. The number of nitrogens with zero attached hydrogens (tertiary/aromatic N) is 2. The first-order chi connectivity index (χ1) is 12.1. The van der Waals surface area contributed by atoms with Crippen LogP contribution in [0.4, 0.5) is 0 Å². The summed E-state index contributed by atoms with van der Waals surface area (Å²) in [7, 11) is 0. The smallest absolute Gasteiger partial charge is 0.234 e. The third kappa shape index (κ3) is 5.29. The Labute approximate surface area is 152 Å². The van der Waals surface area contributed by atoms with E-state index >= 15 is 0 Å². The van der Waals surface area contributed by atoms with Crippen molar-refractivity contribution in [3.8, 4) is 0 Å². The highest BCUT2D eigenvalue weighted by molar-refractivity contribution is 5.78. The van der Waals surface area contributed by atoms with Crippen LogP contribution in [0, 0.1) is 0 Å². The van der Waals surface area contributed by atoms with Gasteiger partial charge in [-0.2, -0.15) is 0 Å². The molecule has 0 radical (unpaired) electrons. The van der Waals surface area contributed by atoms with Crippen molar-refractivity contribution in [2.24, 2.45) is 0 Å². The summed E-state index contributed by atoms with van der Waals surface area (Å²) < 4.78 is 0. The second kappa shape index (κ2) is 8.81. The molecular weight excluding hydrogens is 310 g/mol. The standard InChI is InChI=1S/C21H33N3O/c1-17(2)24-14-10-20(11-15-24)22-21(25)16-23-12-8-19(9-13-23)18-6-4-3-5-7-18/h3-7,17,19-20H,8-16H2,1-2H3,(H,22,25). The van der Waals surface area contributed by atoms with E-state index in [1.165, 1.54) is 5.56 Å². The summed E-state index contributed by atoms with van der Waals surface area (Å²) in [5.74, 6) is 0.863. The Balaban J connectivity index is 1.37. The van der Waals surface area contributed by atoms with Gasteiger partial charge in [-0.25, -0.2) is 0 Å². The molecule has 0 aliphatic carbocycles. The lowest BCUT2D eigenvalue weighted by Gasteiger charge is -2.35. The lowest BCUT2D eigenvalue weighted by atomic mass is 9.89. The van der Waals surface area contributed by atoms with Gasteiger partial charge in [0.2, 0.25) is 5.91 Å². The molecule has 1 amide bonds. The van der Waals surface area contributed by atoms with Crippen LogP contribution in [0.3, 0.4) is 0 Å². The van der Waals surface area contributed by atoms with E-state index in [1.54, 1.807) is 0 Å². The van der Waals surface area contributed by atoms with Crippen LogP contribution in [0.15, 0.2) is 30.3 Å². The Kier molecular flexibility index (Phi) is 6.49. The third-order valence-electron chi connectivity index (χ3n) is 5.85. The summed E-state index contributed by atoms with van der Waals surface area (Å²) in [6.07, 6.45) is 4.48. The maximum Gasteiger partial charge on any atom is 0.234 e. The summed E-state index contributed by atoms with van der Waals surface area (Å²) in [5.41, 5.74) is 1.45. The molecule has 2 saturated heterocycles. The van der Waals surface area contributed by atoms with Crippen molar-refractivity contribution in [2.75, 3.05) is 32.7 Å². The molecule has 4 heteroatoms. The van der Waals surface area contributed by atoms with E-state index in [-0.39, 0.29) is 5.91 Å². The van der Waals surface area contributed by atoms with Crippen molar-refractivity contribution < 1.29 is 4.79 Å². The Morgan fingerprint density at radius 2 is 1.68 bits per heavy atom. The van der Waals surface area contributed by atoms with Crippen molar-refractivity contribution in [3.63, 3.8) is 0 Å². The Hall–Kier alpha value is -1.39. The van der Waals surface area contributed by atoms with Gasteiger partial charge in [-0.15, -0.1) is 0 Å². The topological polar surface area (TPSA) is 35.6 Å². The van der Waals surface area contributed by atoms with E-state index in [1.807, 2.05) is 0 Å². The number of benzene rings is 1. The van der Waals surface area contributed by atoms with Crippen LogP contribution in [0.2, 0.25) is 0 Å². The first-order valence-electron chi connectivity index (χ1n) is 9.92. The van der Waals surface area contributed by atoms with Crippen LogP contribution in [0.5, 0.6) is 0 Å². The van der Waals surface area contributed by atoms with Gasteiger partial charge in [0.15, 0.2) is 0 Å². The van der Waals surface area contributed by atoms with E-state index in [2.05, 4.69) is 59.3 Å². The maximum absolute atomic E-state index is 12.4. The molecule has 2 aliphatic heterocycles. The van der Waals surface area contributed by atoms with E-state index < -0.39 is 0 Å². The zero-order chi connectivity index (χ0) is 17.6. The molecular formula is C21H33N3O. The van der Waals surface area contributed by atoms with E-state index in [0.29, 0.717) is 24.5 Å². The lowest BCUT2D eigenvalue weighted by molar-refractivity contribution is -0.123. The minimum Gasteiger partial charge on any atom is -0.352 e. The average molecular weight is 344 g/mol. The van der Waals surface area contributed by atoms with Crippen molar-refractivity contribution in [1.29, 1.82) is 0 Å². The van der Waals surface area contributed by atoms with Gasteiger partial charge in [0.05, 0.1) is 6.54 Å². The Morgan fingerprint density at radius 1 is 1.04 bits per heavy atom. The monoisotopic (exact) mass is 343 g/mol. The highest BCUT2D eigenvalue weighted by atomic mass is 16.2. The minimum atomic E-state index is 0.209. The minimum absolute atomic E-state index is 0.209. The molecule has 138 valence electrons. The molecule has 1 aromatic carbocycles. The summed E-state index contributed by atoms with van der Waals surface area (Å²) in [5, 5.41) is 3.26. The molecule has 0 unspecified atom stereocenters. The van der Waals surface area contributed by atoms with Crippen LogP contribution >= 0.6 is 0 Å². The SMILES string of the molecule is CC(C)N1CCC(NC(=O)CN2CCC(c3ccccc3)CC2)CC1. The third-order valence-corrected chi connectivity index (χ3v) is 5.85. The number of carbonyl (C=O) groups excluding carboxylic acids is 1. The van der Waals surface area contributed by atoms with Gasteiger partial charge < -0.3 is 10.2 Å². The Bertz CT molecular complexity index is 529. The van der Waals surface area contributed by atoms with Gasteiger partial charge in [0, 0.05) is 25.2 Å². The molecule has 1 aromatic rings. The number of rotatable bonds is 5. The summed E-state index contributed by atoms with van der Waals surface area (Å²) in [6, 6.07) is 11.8. The second-order valence-corrected chi connectivity index (χ2v) is 7.93. The quantitative estimate of drug-likeness (QED) is 0.893. The van der Waals surface area contributed by atoms with Gasteiger partial charge in [0.25, 0.3) is 0 Å². The van der Waals surface area contributed by atoms with Crippen LogP contribution in [0.1, 0.15) is 51.0 Å². The number of hydrogen-bond donors (Lipinski definition) is 1. The van der Waals surface area contributed by atoms with E-state index in [4.69, 9.17) is 0 Å². The highest BCUT2D eigenvalue weighted by Gasteiger charge is 2.25. The van der Waals surface area contributed by atoms with E-state index in [9.17, 15) is 4.79 Å². The fourth-order valence-electron chi connectivity index (χ4n) is 4.19. The number of likely N-dealkylation sites (tertiary alicyclic amines) is 2.